The second-order valence-corrected chi connectivity index (χ2v) is 4.63. The lowest BCUT2D eigenvalue weighted by Gasteiger charge is -2.11. The van der Waals surface area contributed by atoms with Crippen molar-refractivity contribution in [2.75, 3.05) is 11.1 Å². The Morgan fingerprint density at radius 1 is 1.30 bits per heavy atom. The van der Waals surface area contributed by atoms with Gasteiger partial charge in [0.05, 0.1) is 10.7 Å². The Morgan fingerprint density at radius 2 is 2.00 bits per heavy atom. The first-order valence-electron chi connectivity index (χ1n) is 5.71. The molecule has 0 spiro atoms. The van der Waals surface area contributed by atoms with E-state index in [-0.39, 0.29) is 10.7 Å². The predicted molar refractivity (Wildman–Crippen MR) is 74.9 cm³/mol. The van der Waals surface area contributed by atoms with Crippen molar-refractivity contribution in [1.82, 2.24) is 0 Å². The van der Waals surface area contributed by atoms with Gasteiger partial charge >= 0.3 is 0 Å². The molecule has 0 heterocycles. The molecule has 3 N–H and O–H groups in total. The lowest BCUT2D eigenvalue weighted by atomic mass is 10.1. The summed E-state index contributed by atoms with van der Waals surface area (Å²) in [5.74, 6) is -2.32. The molecule has 0 atom stereocenters. The van der Waals surface area contributed by atoms with Gasteiger partial charge in [0.15, 0.2) is 5.82 Å². The van der Waals surface area contributed by atoms with Crippen molar-refractivity contribution in [2.24, 2.45) is 0 Å². The molecule has 0 aromatic heterocycles. The lowest BCUT2D eigenvalue weighted by Crippen LogP contribution is -2.15. The Kier molecular flexibility index (Phi) is 3.90. The summed E-state index contributed by atoms with van der Waals surface area (Å²) in [4.78, 5) is 12.1. The van der Waals surface area contributed by atoms with E-state index in [1.165, 1.54) is 0 Å². The fourth-order valence-electron chi connectivity index (χ4n) is 1.74. The Hall–Kier alpha value is -2.14. The first kappa shape index (κ1) is 14.3. The maximum atomic E-state index is 13.6. The van der Waals surface area contributed by atoms with E-state index in [1.807, 2.05) is 0 Å². The van der Waals surface area contributed by atoms with Crippen molar-refractivity contribution >= 4 is 28.9 Å². The highest BCUT2D eigenvalue weighted by atomic mass is 35.5. The number of nitrogens with two attached hydrogens (primary N) is 1. The van der Waals surface area contributed by atoms with Crippen LogP contribution in [0, 0.1) is 18.6 Å². The lowest BCUT2D eigenvalue weighted by molar-refractivity contribution is 0.102. The molecule has 0 aliphatic heterocycles. The van der Waals surface area contributed by atoms with Crippen molar-refractivity contribution < 1.29 is 13.6 Å². The molecule has 0 saturated heterocycles. The van der Waals surface area contributed by atoms with Crippen LogP contribution in [-0.2, 0) is 0 Å². The minimum atomic E-state index is -0.940. The zero-order valence-corrected chi connectivity index (χ0v) is 11.3. The van der Waals surface area contributed by atoms with E-state index in [0.717, 1.165) is 6.07 Å². The van der Waals surface area contributed by atoms with Crippen LogP contribution in [0.25, 0.3) is 0 Å². The molecule has 20 heavy (non-hydrogen) atoms. The smallest absolute Gasteiger partial charge is 0.256 e. The average molecular weight is 297 g/mol. The summed E-state index contributed by atoms with van der Waals surface area (Å²) in [5, 5.41) is 2.11. The topological polar surface area (TPSA) is 55.1 Å². The fourth-order valence-corrected chi connectivity index (χ4v) is 1.98. The molecular formula is C14H11ClF2N2O. The van der Waals surface area contributed by atoms with Gasteiger partial charge in [0.2, 0.25) is 0 Å². The van der Waals surface area contributed by atoms with Crippen molar-refractivity contribution in [3.63, 3.8) is 0 Å². The van der Waals surface area contributed by atoms with E-state index in [2.05, 4.69) is 5.32 Å². The molecule has 0 saturated carbocycles. The molecule has 3 nitrogen and oxygen atoms in total. The van der Waals surface area contributed by atoms with Crippen LogP contribution in [0.4, 0.5) is 20.2 Å². The van der Waals surface area contributed by atoms with Gasteiger partial charge in [-0.1, -0.05) is 17.7 Å². The fraction of sp³-hybridized carbons (Fsp3) is 0.0714. The first-order chi connectivity index (χ1) is 9.40. The summed E-state index contributed by atoms with van der Waals surface area (Å²) in [7, 11) is 0. The number of hydrogen-bond donors (Lipinski definition) is 2. The number of halogens is 3. The maximum absolute atomic E-state index is 13.6. The van der Waals surface area contributed by atoms with E-state index in [1.54, 1.807) is 25.1 Å². The van der Waals surface area contributed by atoms with Gasteiger partial charge in [0.25, 0.3) is 5.91 Å². The van der Waals surface area contributed by atoms with Gasteiger partial charge in [-0.3, -0.25) is 4.79 Å². The first-order valence-corrected chi connectivity index (χ1v) is 6.09. The van der Waals surface area contributed by atoms with Gasteiger partial charge in [-0.15, -0.1) is 0 Å². The standard InChI is InChI=1S/C14H11ClF2N2O/c1-7-9(3-2-4-12(7)18)14(20)19-13-10(15)5-8(16)6-11(13)17/h2-6H,18H2,1H3,(H,19,20). The van der Waals surface area contributed by atoms with Gasteiger partial charge in [-0.05, 0) is 30.7 Å². The highest BCUT2D eigenvalue weighted by Gasteiger charge is 2.16. The molecule has 0 aliphatic carbocycles. The van der Waals surface area contributed by atoms with E-state index >= 15 is 0 Å². The molecule has 104 valence electrons. The summed E-state index contributed by atoms with van der Waals surface area (Å²) in [6.07, 6.45) is 0. The van der Waals surface area contributed by atoms with E-state index in [9.17, 15) is 13.6 Å². The summed E-state index contributed by atoms with van der Waals surface area (Å²) in [5.41, 5.74) is 6.75. The van der Waals surface area contributed by atoms with Crippen LogP contribution < -0.4 is 11.1 Å². The zero-order valence-electron chi connectivity index (χ0n) is 10.5. The third-order valence-electron chi connectivity index (χ3n) is 2.87. The number of rotatable bonds is 2. The van der Waals surface area contributed by atoms with Crippen LogP contribution in [0.2, 0.25) is 5.02 Å². The number of anilines is 2. The normalized spacial score (nSPS) is 10.4. The molecule has 2 aromatic carbocycles. The summed E-state index contributed by atoms with van der Waals surface area (Å²) in [6.45, 7) is 1.67. The van der Waals surface area contributed by atoms with E-state index in [4.69, 9.17) is 17.3 Å². The quantitative estimate of drug-likeness (QED) is 0.829. The van der Waals surface area contributed by atoms with Crippen LogP contribution in [-0.4, -0.2) is 5.91 Å². The van der Waals surface area contributed by atoms with Crippen molar-refractivity contribution in [3.8, 4) is 0 Å². The molecule has 1 amide bonds. The molecule has 2 aromatic rings. The molecule has 0 radical (unpaired) electrons. The molecule has 0 aliphatic rings. The molecule has 0 fully saturated rings. The third-order valence-corrected chi connectivity index (χ3v) is 3.16. The Bertz CT molecular complexity index is 666. The SMILES string of the molecule is Cc1c(N)cccc1C(=O)Nc1c(F)cc(F)cc1Cl. The zero-order chi connectivity index (χ0) is 14.9. The van der Waals surface area contributed by atoms with Gasteiger partial charge in [0, 0.05) is 17.3 Å². The molecular weight excluding hydrogens is 286 g/mol. The highest BCUT2D eigenvalue weighted by Crippen LogP contribution is 2.27. The van der Waals surface area contributed by atoms with Crippen LogP contribution >= 0.6 is 11.6 Å². The number of hydrogen-bond acceptors (Lipinski definition) is 2. The van der Waals surface area contributed by atoms with Crippen LogP contribution in [0.15, 0.2) is 30.3 Å². The second-order valence-electron chi connectivity index (χ2n) is 4.22. The van der Waals surface area contributed by atoms with Crippen LogP contribution in [0.5, 0.6) is 0 Å². The second kappa shape index (κ2) is 5.46. The minimum absolute atomic E-state index is 0.211. The Morgan fingerprint density at radius 3 is 2.65 bits per heavy atom. The van der Waals surface area contributed by atoms with E-state index in [0.29, 0.717) is 22.9 Å². The number of amides is 1. The summed E-state index contributed by atoms with van der Waals surface area (Å²) >= 11 is 5.72. The van der Waals surface area contributed by atoms with E-state index < -0.39 is 17.5 Å². The third kappa shape index (κ3) is 2.72. The van der Waals surface area contributed by atoms with Crippen molar-refractivity contribution in [3.05, 3.63) is 58.1 Å². The highest BCUT2D eigenvalue weighted by molar-refractivity contribution is 6.34. The summed E-state index contributed by atoms with van der Waals surface area (Å²) in [6, 6.07) is 6.38. The number of nitrogen functional groups attached to an aromatic ring is 1. The van der Waals surface area contributed by atoms with Crippen molar-refractivity contribution in [1.29, 1.82) is 0 Å². The number of carbonyl (C=O) groups excluding carboxylic acids is 1. The van der Waals surface area contributed by atoms with Gasteiger partial charge in [-0.25, -0.2) is 8.78 Å². The number of carbonyl (C=O) groups is 1. The van der Waals surface area contributed by atoms with Crippen LogP contribution in [0.3, 0.4) is 0 Å². The largest absolute Gasteiger partial charge is 0.398 e. The molecule has 0 unspecified atom stereocenters. The minimum Gasteiger partial charge on any atom is -0.398 e. The number of benzene rings is 2. The number of nitrogens with one attached hydrogen (secondary N) is 1. The molecule has 0 bridgehead atoms. The Labute approximate surface area is 119 Å². The van der Waals surface area contributed by atoms with Crippen molar-refractivity contribution in [2.45, 2.75) is 6.92 Å². The average Bonchev–Trinajstić information content (AvgIpc) is 2.36. The van der Waals surface area contributed by atoms with Gasteiger partial charge in [0.1, 0.15) is 5.82 Å². The van der Waals surface area contributed by atoms with Gasteiger partial charge < -0.3 is 11.1 Å². The maximum Gasteiger partial charge on any atom is 0.256 e. The molecule has 6 heteroatoms. The monoisotopic (exact) mass is 296 g/mol. The van der Waals surface area contributed by atoms with Gasteiger partial charge in [-0.2, -0.15) is 0 Å². The Balaban J connectivity index is 2.36. The summed E-state index contributed by atoms with van der Waals surface area (Å²) < 4.78 is 26.5. The molecule has 2 rings (SSSR count). The van der Waals surface area contributed by atoms with Crippen LogP contribution in [0.1, 0.15) is 15.9 Å². The predicted octanol–water partition coefficient (Wildman–Crippen LogP) is 3.76.